The Labute approximate surface area is 137 Å². The summed E-state index contributed by atoms with van der Waals surface area (Å²) in [5.74, 6) is -0.555. The average molecular weight is 312 g/mol. The lowest BCUT2D eigenvalue weighted by atomic mass is 9.89. The number of aliphatic carboxylic acids is 1. The third-order valence-electron chi connectivity index (χ3n) is 4.10. The van der Waals surface area contributed by atoms with Crippen molar-refractivity contribution in [2.75, 3.05) is 6.61 Å². The second-order valence-electron chi connectivity index (χ2n) is 5.72. The van der Waals surface area contributed by atoms with E-state index in [2.05, 4.69) is 19.1 Å². The van der Waals surface area contributed by atoms with Crippen LogP contribution in [0.15, 0.2) is 42.5 Å². The Morgan fingerprint density at radius 2 is 1.74 bits per heavy atom. The zero-order valence-corrected chi connectivity index (χ0v) is 14.0. The highest BCUT2D eigenvalue weighted by molar-refractivity contribution is 5.77. The number of carbonyl (C=O) groups is 1. The van der Waals surface area contributed by atoms with Gasteiger partial charge in [0.15, 0.2) is 0 Å². The molecule has 0 fully saturated rings. The maximum atomic E-state index is 11.8. The van der Waals surface area contributed by atoms with Gasteiger partial charge in [-0.25, -0.2) is 0 Å². The second kappa shape index (κ2) is 7.82. The standard InChI is InChI=1S/C20H24O3/c1-4-15-6-8-16(9-7-15)13-19(20(21)22)18-11-10-17(23-5-2)12-14(18)3/h6-12,19H,4-5,13H2,1-3H3,(H,21,22). The zero-order chi connectivity index (χ0) is 16.8. The summed E-state index contributed by atoms with van der Waals surface area (Å²) in [7, 11) is 0. The fourth-order valence-corrected chi connectivity index (χ4v) is 2.77. The maximum absolute atomic E-state index is 11.8. The average Bonchev–Trinajstić information content (AvgIpc) is 2.54. The molecule has 0 radical (unpaired) electrons. The van der Waals surface area contributed by atoms with Crippen LogP contribution >= 0.6 is 0 Å². The van der Waals surface area contributed by atoms with Gasteiger partial charge in [0, 0.05) is 0 Å². The van der Waals surface area contributed by atoms with Crippen LogP contribution in [-0.4, -0.2) is 17.7 Å². The molecule has 1 N–H and O–H groups in total. The summed E-state index contributed by atoms with van der Waals surface area (Å²) in [6, 6.07) is 13.8. The van der Waals surface area contributed by atoms with Gasteiger partial charge in [-0.05, 0) is 61.1 Å². The van der Waals surface area contributed by atoms with Gasteiger partial charge in [0.05, 0.1) is 12.5 Å². The minimum Gasteiger partial charge on any atom is -0.494 e. The minimum absolute atomic E-state index is 0.494. The van der Waals surface area contributed by atoms with Crippen molar-refractivity contribution in [2.24, 2.45) is 0 Å². The molecule has 1 unspecified atom stereocenters. The molecule has 0 aliphatic heterocycles. The molecule has 0 aromatic heterocycles. The Balaban J connectivity index is 2.25. The largest absolute Gasteiger partial charge is 0.494 e. The molecule has 1 atom stereocenters. The monoisotopic (exact) mass is 312 g/mol. The Hall–Kier alpha value is -2.29. The van der Waals surface area contributed by atoms with E-state index in [9.17, 15) is 9.90 Å². The molecule has 0 aliphatic carbocycles. The second-order valence-corrected chi connectivity index (χ2v) is 5.72. The number of aryl methyl sites for hydroxylation is 2. The van der Waals surface area contributed by atoms with Crippen molar-refractivity contribution in [3.8, 4) is 5.75 Å². The highest BCUT2D eigenvalue weighted by Crippen LogP contribution is 2.27. The predicted octanol–water partition coefficient (Wildman–Crippen LogP) is 4.37. The van der Waals surface area contributed by atoms with Crippen LogP contribution in [0.1, 0.15) is 42.0 Å². The molecule has 0 saturated carbocycles. The van der Waals surface area contributed by atoms with E-state index in [1.807, 2.05) is 44.2 Å². The predicted molar refractivity (Wildman–Crippen MR) is 92.2 cm³/mol. The SMILES string of the molecule is CCOc1ccc(C(Cc2ccc(CC)cc2)C(=O)O)c(C)c1. The lowest BCUT2D eigenvalue weighted by molar-refractivity contribution is -0.138. The lowest BCUT2D eigenvalue weighted by Gasteiger charge is -2.17. The smallest absolute Gasteiger partial charge is 0.311 e. The molecule has 2 rings (SSSR count). The van der Waals surface area contributed by atoms with Gasteiger partial charge in [-0.2, -0.15) is 0 Å². The fraction of sp³-hybridized carbons (Fsp3) is 0.350. The van der Waals surface area contributed by atoms with E-state index < -0.39 is 11.9 Å². The van der Waals surface area contributed by atoms with Crippen LogP contribution in [-0.2, 0) is 17.6 Å². The Morgan fingerprint density at radius 3 is 2.26 bits per heavy atom. The molecule has 0 spiro atoms. The third kappa shape index (κ3) is 4.35. The zero-order valence-electron chi connectivity index (χ0n) is 14.0. The van der Waals surface area contributed by atoms with Crippen LogP contribution in [0.5, 0.6) is 5.75 Å². The molecule has 0 bridgehead atoms. The topological polar surface area (TPSA) is 46.5 Å². The van der Waals surface area contributed by atoms with Gasteiger partial charge in [-0.1, -0.05) is 37.3 Å². The number of ether oxygens (including phenoxy) is 1. The van der Waals surface area contributed by atoms with Crippen molar-refractivity contribution < 1.29 is 14.6 Å². The number of rotatable bonds is 7. The van der Waals surface area contributed by atoms with Gasteiger partial charge in [0.1, 0.15) is 5.75 Å². The van der Waals surface area contributed by atoms with Crippen LogP contribution in [0.4, 0.5) is 0 Å². The molecule has 23 heavy (non-hydrogen) atoms. The molecule has 2 aromatic rings. The van der Waals surface area contributed by atoms with Crippen molar-refractivity contribution in [2.45, 2.75) is 39.5 Å². The van der Waals surface area contributed by atoms with E-state index in [-0.39, 0.29) is 0 Å². The van der Waals surface area contributed by atoms with E-state index in [1.165, 1.54) is 5.56 Å². The van der Waals surface area contributed by atoms with Gasteiger partial charge in [0.25, 0.3) is 0 Å². The molecular formula is C20H24O3. The Bertz CT molecular complexity index is 659. The first kappa shape index (κ1) is 17.1. The van der Waals surface area contributed by atoms with E-state index in [0.717, 1.165) is 28.9 Å². The molecule has 0 aliphatic rings. The van der Waals surface area contributed by atoms with E-state index in [1.54, 1.807) is 0 Å². The Kier molecular flexibility index (Phi) is 5.80. The van der Waals surface area contributed by atoms with Gasteiger partial charge in [-0.15, -0.1) is 0 Å². The van der Waals surface area contributed by atoms with Gasteiger partial charge >= 0.3 is 5.97 Å². The maximum Gasteiger partial charge on any atom is 0.311 e. The van der Waals surface area contributed by atoms with Gasteiger partial charge in [-0.3, -0.25) is 4.79 Å². The molecule has 0 heterocycles. The molecule has 122 valence electrons. The molecular weight excluding hydrogens is 288 g/mol. The molecule has 0 saturated heterocycles. The number of carboxylic acids is 1. The van der Waals surface area contributed by atoms with Crippen LogP contribution in [0, 0.1) is 6.92 Å². The molecule has 2 aromatic carbocycles. The van der Waals surface area contributed by atoms with Crippen LogP contribution in [0.25, 0.3) is 0 Å². The minimum atomic E-state index is -0.795. The summed E-state index contributed by atoms with van der Waals surface area (Å²) in [5.41, 5.74) is 4.11. The highest BCUT2D eigenvalue weighted by Gasteiger charge is 2.22. The van der Waals surface area contributed by atoms with Gasteiger partial charge in [0.2, 0.25) is 0 Å². The van der Waals surface area contributed by atoms with E-state index >= 15 is 0 Å². The summed E-state index contributed by atoms with van der Waals surface area (Å²) in [5, 5.41) is 9.65. The normalized spacial score (nSPS) is 12.0. The lowest BCUT2D eigenvalue weighted by Crippen LogP contribution is -2.15. The highest BCUT2D eigenvalue weighted by atomic mass is 16.5. The van der Waals surface area contributed by atoms with Crippen molar-refractivity contribution in [1.82, 2.24) is 0 Å². The molecule has 3 nitrogen and oxygen atoms in total. The van der Waals surface area contributed by atoms with Gasteiger partial charge < -0.3 is 9.84 Å². The third-order valence-corrected chi connectivity index (χ3v) is 4.10. The first-order chi connectivity index (χ1) is 11.0. The first-order valence-electron chi connectivity index (χ1n) is 8.09. The summed E-state index contributed by atoms with van der Waals surface area (Å²) in [6.07, 6.45) is 1.48. The van der Waals surface area contributed by atoms with E-state index in [0.29, 0.717) is 13.0 Å². The van der Waals surface area contributed by atoms with Crippen molar-refractivity contribution in [3.63, 3.8) is 0 Å². The van der Waals surface area contributed by atoms with E-state index in [4.69, 9.17) is 4.74 Å². The fourth-order valence-electron chi connectivity index (χ4n) is 2.77. The molecule has 0 amide bonds. The van der Waals surface area contributed by atoms with Crippen LogP contribution in [0.2, 0.25) is 0 Å². The summed E-state index contributed by atoms with van der Waals surface area (Å²) in [6.45, 7) is 6.58. The number of benzene rings is 2. The Morgan fingerprint density at radius 1 is 1.09 bits per heavy atom. The van der Waals surface area contributed by atoms with Crippen molar-refractivity contribution in [3.05, 3.63) is 64.7 Å². The van der Waals surface area contributed by atoms with Crippen molar-refractivity contribution in [1.29, 1.82) is 0 Å². The van der Waals surface area contributed by atoms with Crippen LogP contribution < -0.4 is 4.74 Å². The summed E-state index contributed by atoms with van der Waals surface area (Å²) >= 11 is 0. The van der Waals surface area contributed by atoms with Crippen LogP contribution in [0.3, 0.4) is 0 Å². The summed E-state index contributed by atoms with van der Waals surface area (Å²) in [4.78, 5) is 11.8. The first-order valence-corrected chi connectivity index (χ1v) is 8.09. The number of carboxylic acid groups (broad SMARTS) is 1. The quantitative estimate of drug-likeness (QED) is 0.826. The van der Waals surface area contributed by atoms with Crippen molar-refractivity contribution >= 4 is 5.97 Å². The molecule has 3 heteroatoms. The summed E-state index contributed by atoms with van der Waals surface area (Å²) < 4.78 is 5.48. The number of hydrogen-bond acceptors (Lipinski definition) is 2. The number of hydrogen-bond donors (Lipinski definition) is 1.